The summed E-state index contributed by atoms with van der Waals surface area (Å²) in [5.74, 6) is 0.766. The van der Waals surface area contributed by atoms with Crippen LogP contribution in [0.2, 0.25) is 0 Å². The third-order valence-electron chi connectivity index (χ3n) is 7.78. The Balaban J connectivity index is 1.35. The summed E-state index contributed by atoms with van der Waals surface area (Å²) in [5, 5.41) is 11.7. The van der Waals surface area contributed by atoms with Gasteiger partial charge in [-0.2, -0.15) is 0 Å². The number of carbonyl (C=O) groups is 1. The van der Waals surface area contributed by atoms with Crippen molar-refractivity contribution >= 4 is 16.7 Å². The van der Waals surface area contributed by atoms with E-state index >= 15 is 0 Å². The molecule has 1 heterocycles. The first-order chi connectivity index (χ1) is 16.7. The highest BCUT2D eigenvalue weighted by Gasteiger charge is 2.29. The topological polar surface area (TPSA) is 59.0 Å². The molecule has 1 atom stereocenters. The second-order valence-corrected chi connectivity index (χ2v) is 11.5. The number of ether oxygens (including phenoxy) is 2. The van der Waals surface area contributed by atoms with Crippen molar-refractivity contribution in [1.82, 2.24) is 4.90 Å². The molecule has 1 N–H and O–H groups in total. The lowest BCUT2D eigenvalue weighted by molar-refractivity contribution is -0.143. The standard InChI is InChI=1S/C30H43NO4/c1-5-28(31-16-14-22(15-17-31)29(32)33)25-9-8-24-19-27(13-10-23(24)18-25)35-26-11-6-21(7-12-26)20-34-30(2,3)4/h8-10,13,18-19,21-22,26,28H,5-7,11-12,14-17,20H2,1-4H3,(H,32,33). The molecule has 0 aromatic heterocycles. The number of likely N-dealkylation sites (tertiary alicyclic amines) is 1. The molecule has 2 aliphatic rings. The van der Waals surface area contributed by atoms with E-state index < -0.39 is 5.97 Å². The van der Waals surface area contributed by atoms with Gasteiger partial charge in [-0.15, -0.1) is 0 Å². The van der Waals surface area contributed by atoms with E-state index in [-0.39, 0.29) is 17.6 Å². The molecule has 4 rings (SSSR count). The number of aliphatic carboxylic acids is 1. The molecule has 0 radical (unpaired) electrons. The van der Waals surface area contributed by atoms with Crippen molar-refractivity contribution < 1.29 is 19.4 Å². The van der Waals surface area contributed by atoms with Gasteiger partial charge in [0.25, 0.3) is 0 Å². The van der Waals surface area contributed by atoms with Gasteiger partial charge >= 0.3 is 5.97 Å². The van der Waals surface area contributed by atoms with Crippen molar-refractivity contribution in [2.24, 2.45) is 11.8 Å². The fourth-order valence-electron chi connectivity index (χ4n) is 5.66. The number of benzene rings is 2. The van der Waals surface area contributed by atoms with Gasteiger partial charge in [0, 0.05) is 6.04 Å². The fraction of sp³-hybridized carbons (Fsp3) is 0.633. The number of fused-ring (bicyclic) bond motifs is 1. The van der Waals surface area contributed by atoms with Crippen LogP contribution >= 0.6 is 0 Å². The van der Waals surface area contributed by atoms with Gasteiger partial charge in [-0.25, -0.2) is 0 Å². The molecule has 2 aromatic rings. The monoisotopic (exact) mass is 481 g/mol. The van der Waals surface area contributed by atoms with Crippen LogP contribution in [0.15, 0.2) is 36.4 Å². The molecule has 35 heavy (non-hydrogen) atoms. The molecular weight excluding hydrogens is 438 g/mol. The first-order valence-corrected chi connectivity index (χ1v) is 13.5. The normalized spacial score (nSPS) is 23.3. The highest BCUT2D eigenvalue weighted by molar-refractivity contribution is 5.84. The van der Waals surface area contributed by atoms with Crippen LogP contribution in [0, 0.1) is 11.8 Å². The molecule has 2 fully saturated rings. The molecule has 0 spiro atoms. The van der Waals surface area contributed by atoms with Crippen LogP contribution < -0.4 is 4.74 Å². The average molecular weight is 482 g/mol. The zero-order valence-electron chi connectivity index (χ0n) is 22.0. The quantitative estimate of drug-likeness (QED) is 0.447. The van der Waals surface area contributed by atoms with Crippen LogP contribution in [-0.4, -0.2) is 47.4 Å². The zero-order valence-corrected chi connectivity index (χ0v) is 22.0. The Bertz CT molecular complexity index is 982. The van der Waals surface area contributed by atoms with Crippen molar-refractivity contribution in [1.29, 1.82) is 0 Å². The van der Waals surface area contributed by atoms with E-state index in [1.807, 2.05) is 0 Å². The number of carboxylic acid groups (broad SMARTS) is 1. The van der Waals surface area contributed by atoms with E-state index in [4.69, 9.17) is 9.47 Å². The van der Waals surface area contributed by atoms with Crippen molar-refractivity contribution in [3.05, 3.63) is 42.0 Å². The van der Waals surface area contributed by atoms with Crippen LogP contribution in [0.3, 0.4) is 0 Å². The number of rotatable bonds is 8. The number of hydrogen-bond donors (Lipinski definition) is 1. The second-order valence-electron chi connectivity index (χ2n) is 11.5. The van der Waals surface area contributed by atoms with Crippen LogP contribution in [-0.2, 0) is 9.53 Å². The molecular formula is C30H43NO4. The van der Waals surface area contributed by atoms with E-state index in [9.17, 15) is 9.90 Å². The molecule has 1 aliphatic heterocycles. The van der Waals surface area contributed by atoms with E-state index in [0.717, 1.165) is 57.6 Å². The lowest BCUT2D eigenvalue weighted by Gasteiger charge is -2.36. The molecule has 1 saturated carbocycles. The summed E-state index contributed by atoms with van der Waals surface area (Å²) in [6, 6.07) is 13.6. The van der Waals surface area contributed by atoms with Gasteiger partial charge in [-0.05, 0) is 119 Å². The SMILES string of the molecule is CCC(c1ccc2cc(OC3CCC(COC(C)(C)C)CC3)ccc2c1)N1CCC(C(=O)O)CC1. The first kappa shape index (κ1) is 26.0. The zero-order chi connectivity index (χ0) is 25.0. The minimum atomic E-state index is -0.649. The van der Waals surface area contributed by atoms with Crippen molar-refractivity contribution in [2.45, 2.75) is 90.4 Å². The van der Waals surface area contributed by atoms with Gasteiger partial charge in [0.1, 0.15) is 5.75 Å². The Kier molecular flexibility index (Phi) is 8.38. The van der Waals surface area contributed by atoms with E-state index in [1.165, 1.54) is 29.2 Å². The predicted molar refractivity (Wildman–Crippen MR) is 141 cm³/mol. The Hall–Kier alpha value is -2.11. The maximum atomic E-state index is 11.3. The summed E-state index contributed by atoms with van der Waals surface area (Å²) in [6.07, 6.45) is 7.30. The van der Waals surface area contributed by atoms with Gasteiger partial charge in [0.2, 0.25) is 0 Å². The summed E-state index contributed by atoms with van der Waals surface area (Å²) in [7, 11) is 0. The van der Waals surface area contributed by atoms with Crippen LogP contribution in [0.1, 0.15) is 84.2 Å². The third kappa shape index (κ3) is 6.98. The van der Waals surface area contributed by atoms with Crippen molar-refractivity contribution in [2.75, 3.05) is 19.7 Å². The fourth-order valence-corrected chi connectivity index (χ4v) is 5.66. The van der Waals surface area contributed by atoms with E-state index in [2.05, 4.69) is 69.0 Å². The van der Waals surface area contributed by atoms with Gasteiger partial charge in [-0.1, -0.05) is 25.1 Å². The lowest BCUT2D eigenvalue weighted by Crippen LogP contribution is -2.38. The number of piperidine rings is 1. The first-order valence-electron chi connectivity index (χ1n) is 13.5. The van der Waals surface area contributed by atoms with E-state index in [1.54, 1.807) is 0 Å². The number of hydrogen-bond acceptors (Lipinski definition) is 4. The average Bonchev–Trinajstić information content (AvgIpc) is 2.84. The van der Waals surface area contributed by atoms with E-state index in [0.29, 0.717) is 12.0 Å². The summed E-state index contributed by atoms with van der Waals surface area (Å²) in [6.45, 7) is 11.1. The van der Waals surface area contributed by atoms with Crippen molar-refractivity contribution in [3.8, 4) is 5.75 Å². The Morgan fingerprint density at radius 3 is 2.29 bits per heavy atom. The molecule has 0 amide bonds. The summed E-state index contributed by atoms with van der Waals surface area (Å²) in [5.41, 5.74) is 1.25. The van der Waals surface area contributed by atoms with Crippen LogP contribution in [0.4, 0.5) is 0 Å². The lowest BCUT2D eigenvalue weighted by atomic mass is 9.88. The van der Waals surface area contributed by atoms with Crippen LogP contribution in [0.5, 0.6) is 5.75 Å². The van der Waals surface area contributed by atoms with Gasteiger partial charge in [0.05, 0.1) is 24.2 Å². The van der Waals surface area contributed by atoms with Crippen LogP contribution in [0.25, 0.3) is 10.8 Å². The second kappa shape index (κ2) is 11.3. The number of carboxylic acids is 1. The molecule has 5 heteroatoms. The maximum Gasteiger partial charge on any atom is 0.306 e. The number of nitrogens with zero attached hydrogens (tertiary/aromatic N) is 1. The molecule has 192 valence electrons. The highest BCUT2D eigenvalue weighted by Crippen LogP contribution is 2.33. The highest BCUT2D eigenvalue weighted by atomic mass is 16.5. The summed E-state index contributed by atoms with van der Waals surface area (Å²) >= 11 is 0. The Labute approximate surface area is 210 Å². The minimum Gasteiger partial charge on any atom is -0.490 e. The van der Waals surface area contributed by atoms with Crippen molar-refractivity contribution in [3.63, 3.8) is 0 Å². The van der Waals surface area contributed by atoms with Gasteiger partial charge in [-0.3, -0.25) is 9.69 Å². The van der Waals surface area contributed by atoms with Gasteiger partial charge in [0.15, 0.2) is 0 Å². The largest absolute Gasteiger partial charge is 0.490 e. The third-order valence-corrected chi connectivity index (χ3v) is 7.78. The Morgan fingerprint density at radius 2 is 1.66 bits per heavy atom. The summed E-state index contributed by atoms with van der Waals surface area (Å²) < 4.78 is 12.4. The van der Waals surface area contributed by atoms with Gasteiger partial charge < -0.3 is 14.6 Å². The smallest absolute Gasteiger partial charge is 0.306 e. The minimum absolute atomic E-state index is 0.0628. The molecule has 1 aliphatic carbocycles. The predicted octanol–water partition coefficient (Wildman–Crippen LogP) is 6.84. The molecule has 5 nitrogen and oxygen atoms in total. The molecule has 2 aromatic carbocycles. The Morgan fingerprint density at radius 1 is 1.00 bits per heavy atom. The summed E-state index contributed by atoms with van der Waals surface area (Å²) in [4.78, 5) is 13.8. The molecule has 1 saturated heterocycles. The maximum absolute atomic E-state index is 11.3. The molecule has 0 bridgehead atoms. The molecule has 1 unspecified atom stereocenters.